The van der Waals surface area contributed by atoms with Gasteiger partial charge in [0.25, 0.3) is 0 Å². The fraction of sp³-hybridized carbons (Fsp3) is 0.429. The molecule has 1 saturated heterocycles. The third-order valence-electron chi connectivity index (χ3n) is 3.63. The third-order valence-corrected chi connectivity index (χ3v) is 4.91. The molecule has 2 aromatic rings. The van der Waals surface area contributed by atoms with Crippen molar-refractivity contribution >= 4 is 10.8 Å². The van der Waals surface area contributed by atoms with Crippen molar-refractivity contribution in [2.24, 2.45) is 0 Å². The predicted molar refractivity (Wildman–Crippen MR) is 77.8 cm³/mol. The first-order valence-corrected chi connectivity index (χ1v) is 8.58. The fourth-order valence-electron chi connectivity index (χ4n) is 2.34. The zero-order valence-electron chi connectivity index (χ0n) is 12.3. The Bertz CT molecular complexity index is 753. The SMILES string of the molecule is O=S1CCN(Cc2ccc(-c3nnc(C(F)(F)F)o3)cc2F)CC1. The van der Waals surface area contributed by atoms with Crippen LogP contribution < -0.4 is 0 Å². The standard InChI is InChI=1S/C14H13F4N3O2S/c15-11-7-9(12-19-20-13(23-12)14(16,17)18)1-2-10(11)8-21-3-5-24(22)6-4-21/h1-2,7H,3-6,8H2. The van der Waals surface area contributed by atoms with Crippen LogP contribution in [0.5, 0.6) is 0 Å². The van der Waals surface area contributed by atoms with Gasteiger partial charge in [-0.1, -0.05) is 6.07 Å². The number of benzene rings is 1. The molecule has 1 aliphatic rings. The van der Waals surface area contributed by atoms with E-state index in [-0.39, 0.29) is 11.5 Å². The average Bonchev–Trinajstić information content (AvgIpc) is 3.01. The van der Waals surface area contributed by atoms with Crippen LogP contribution in [0.3, 0.4) is 0 Å². The molecule has 10 heteroatoms. The van der Waals surface area contributed by atoms with E-state index in [0.717, 1.165) is 6.07 Å². The van der Waals surface area contributed by atoms with Crippen molar-refractivity contribution in [2.75, 3.05) is 24.6 Å². The van der Waals surface area contributed by atoms with Crippen molar-refractivity contribution in [3.63, 3.8) is 0 Å². The Labute approximate surface area is 137 Å². The van der Waals surface area contributed by atoms with Gasteiger partial charge >= 0.3 is 12.1 Å². The van der Waals surface area contributed by atoms with Gasteiger partial charge < -0.3 is 4.42 Å². The van der Waals surface area contributed by atoms with Crippen LogP contribution in [0.25, 0.3) is 11.5 Å². The van der Waals surface area contributed by atoms with Crippen molar-refractivity contribution in [1.82, 2.24) is 15.1 Å². The lowest BCUT2D eigenvalue weighted by molar-refractivity contribution is -0.156. The molecule has 0 unspecified atom stereocenters. The Kier molecular flexibility index (Phi) is 4.68. The van der Waals surface area contributed by atoms with Crippen LogP contribution in [0.1, 0.15) is 11.5 Å². The van der Waals surface area contributed by atoms with Crippen molar-refractivity contribution in [3.8, 4) is 11.5 Å². The molecule has 0 radical (unpaired) electrons. The molecule has 1 fully saturated rings. The monoisotopic (exact) mass is 363 g/mol. The zero-order chi connectivity index (χ0) is 17.3. The van der Waals surface area contributed by atoms with Gasteiger partial charge in [-0.25, -0.2) is 4.39 Å². The molecule has 1 aromatic heterocycles. The maximum atomic E-state index is 14.2. The minimum atomic E-state index is -4.74. The smallest absolute Gasteiger partial charge is 0.413 e. The number of hydrogen-bond donors (Lipinski definition) is 0. The summed E-state index contributed by atoms with van der Waals surface area (Å²) in [6, 6.07) is 3.99. The highest BCUT2D eigenvalue weighted by atomic mass is 32.2. The van der Waals surface area contributed by atoms with E-state index in [1.165, 1.54) is 12.1 Å². The number of rotatable bonds is 3. The lowest BCUT2D eigenvalue weighted by Gasteiger charge is -2.26. The van der Waals surface area contributed by atoms with Crippen molar-refractivity contribution in [1.29, 1.82) is 0 Å². The minimum Gasteiger partial charge on any atom is -0.413 e. The van der Waals surface area contributed by atoms with Gasteiger partial charge in [0.05, 0.1) is 0 Å². The summed E-state index contributed by atoms with van der Waals surface area (Å²) in [4.78, 5) is 1.98. The van der Waals surface area contributed by atoms with E-state index in [2.05, 4.69) is 14.6 Å². The summed E-state index contributed by atoms with van der Waals surface area (Å²) in [7, 11) is -0.813. The van der Waals surface area contributed by atoms with E-state index in [9.17, 15) is 21.8 Å². The number of aromatic nitrogens is 2. The molecule has 0 amide bonds. The van der Waals surface area contributed by atoms with Gasteiger partial charge in [0.1, 0.15) is 5.82 Å². The van der Waals surface area contributed by atoms with Crippen LogP contribution in [0.4, 0.5) is 17.6 Å². The molecule has 0 atom stereocenters. The fourth-order valence-corrected chi connectivity index (χ4v) is 3.47. The van der Waals surface area contributed by atoms with Crippen LogP contribution in [0.2, 0.25) is 0 Å². The molecule has 1 aromatic carbocycles. The topological polar surface area (TPSA) is 59.2 Å². The Morgan fingerprint density at radius 3 is 2.50 bits per heavy atom. The third kappa shape index (κ3) is 3.81. The number of nitrogens with zero attached hydrogens (tertiary/aromatic N) is 3. The van der Waals surface area contributed by atoms with Crippen LogP contribution in [-0.4, -0.2) is 43.9 Å². The Morgan fingerprint density at radius 2 is 1.92 bits per heavy atom. The average molecular weight is 363 g/mol. The molecular formula is C14H13F4N3O2S. The highest BCUT2D eigenvalue weighted by molar-refractivity contribution is 7.85. The van der Waals surface area contributed by atoms with Crippen molar-refractivity contribution in [3.05, 3.63) is 35.5 Å². The van der Waals surface area contributed by atoms with Gasteiger partial charge in [0.2, 0.25) is 5.89 Å². The summed E-state index contributed by atoms with van der Waals surface area (Å²) in [5.41, 5.74) is 0.487. The number of halogens is 4. The molecule has 3 rings (SSSR count). The van der Waals surface area contributed by atoms with Crippen LogP contribution in [-0.2, 0) is 23.5 Å². The molecule has 2 heterocycles. The summed E-state index contributed by atoms with van der Waals surface area (Å²) in [5, 5.41) is 6.22. The van der Waals surface area contributed by atoms with Crippen LogP contribution >= 0.6 is 0 Å². The van der Waals surface area contributed by atoms with E-state index in [4.69, 9.17) is 0 Å². The van der Waals surface area contributed by atoms with Gasteiger partial charge in [-0.3, -0.25) is 9.11 Å². The zero-order valence-corrected chi connectivity index (χ0v) is 13.2. The molecule has 5 nitrogen and oxygen atoms in total. The molecule has 1 aliphatic heterocycles. The normalized spacial score (nSPS) is 17.3. The molecule has 0 spiro atoms. The van der Waals surface area contributed by atoms with E-state index in [0.29, 0.717) is 36.7 Å². The maximum absolute atomic E-state index is 14.2. The number of alkyl halides is 3. The van der Waals surface area contributed by atoms with E-state index < -0.39 is 28.7 Å². The van der Waals surface area contributed by atoms with Gasteiger partial charge in [-0.15, -0.1) is 10.2 Å². The van der Waals surface area contributed by atoms with Crippen LogP contribution in [0, 0.1) is 5.82 Å². The van der Waals surface area contributed by atoms with E-state index in [1.807, 2.05) is 4.90 Å². The largest absolute Gasteiger partial charge is 0.470 e. The summed E-state index contributed by atoms with van der Waals surface area (Å²) >= 11 is 0. The first-order chi connectivity index (χ1) is 11.3. The first-order valence-electron chi connectivity index (χ1n) is 7.10. The summed E-state index contributed by atoms with van der Waals surface area (Å²) in [6.45, 7) is 1.58. The second-order valence-electron chi connectivity index (χ2n) is 5.34. The lowest BCUT2D eigenvalue weighted by atomic mass is 10.1. The first kappa shape index (κ1) is 17.0. The highest BCUT2D eigenvalue weighted by Gasteiger charge is 2.38. The van der Waals surface area contributed by atoms with Crippen molar-refractivity contribution in [2.45, 2.75) is 12.7 Å². The predicted octanol–water partition coefficient (Wildman–Crippen LogP) is 2.46. The molecule has 130 valence electrons. The minimum absolute atomic E-state index is 0.0824. The molecule has 0 saturated carbocycles. The summed E-state index contributed by atoms with van der Waals surface area (Å²) in [6.07, 6.45) is -4.74. The molecule has 0 N–H and O–H groups in total. The van der Waals surface area contributed by atoms with Gasteiger partial charge in [-0.05, 0) is 12.1 Å². The van der Waals surface area contributed by atoms with Gasteiger partial charge in [0, 0.05) is 53.1 Å². The Hall–Kier alpha value is -1.81. The second-order valence-corrected chi connectivity index (χ2v) is 7.04. The molecule has 24 heavy (non-hydrogen) atoms. The number of hydrogen-bond acceptors (Lipinski definition) is 5. The quantitative estimate of drug-likeness (QED) is 0.784. The Morgan fingerprint density at radius 1 is 1.21 bits per heavy atom. The highest BCUT2D eigenvalue weighted by Crippen LogP contribution is 2.30. The van der Waals surface area contributed by atoms with Gasteiger partial charge in [-0.2, -0.15) is 13.2 Å². The Balaban J connectivity index is 1.75. The van der Waals surface area contributed by atoms with E-state index in [1.54, 1.807) is 0 Å². The molecule has 0 aliphatic carbocycles. The van der Waals surface area contributed by atoms with E-state index >= 15 is 0 Å². The van der Waals surface area contributed by atoms with Gasteiger partial charge in [0.15, 0.2) is 0 Å². The maximum Gasteiger partial charge on any atom is 0.470 e. The molecule has 0 bridgehead atoms. The van der Waals surface area contributed by atoms with Crippen LogP contribution in [0.15, 0.2) is 22.6 Å². The lowest BCUT2D eigenvalue weighted by Crippen LogP contribution is -2.37. The summed E-state index contributed by atoms with van der Waals surface area (Å²) in [5.74, 6) is -1.31. The molecular weight excluding hydrogens is 350 g/mol. The summed E-state index contributed by atoms with van der Waals surface area (Å²) < 4.78 is 67.4. The van der Waals surface area contributed by atoms with Crippen molar-refractivity contribution < 1.29 is 26.2 Å². The second kappa shape index (κ2) is 6.60.